The van der Waals surface area contributed by atoms with E-state index in [9.17, 15) is 0 Å². The summed E-state index contributed by atoms with van der Waals surface area (Å²) in [6.07, 6.45) is 0. The number of fused-ring (bicyclic) bond motifs is 9. The Morgan fingerprint density at radius 3 is 1.10 bits per heavy atom. The molecule has 8 aromatic carbocycles. The molecule has 1 heterocycles. The van der Waals surface area contributed by atoms with Crippen molar-refractivity contribution in [2.45, 2.75) is 52.4 Å². The molecule has 0 nitrogen and oxygen atoms in total. The molecule has 0 N–H and O–H groups in total. The number of rotatable bonds is 2. The van der Waals surface area contributed by atoms with Gasteiger partial charge in [-0.2, -0.15) is 0 Å². The molecule has 9 rings (SSSR count). The van der Waals surface area contributed by atoms with Crippen LogP contribution in [0.2, 0.25) is 0 Å². The number of hydrogen-bond donors (Lipinski definition) is 0. The molecule has 0 saturated carbocycles. The smallest absolute Gasteiger partial charge is 0.0434 e. The van der Waals surface area contributed by atoms with Crippen molar-refractivity contribution in [1.82, 2.24) is 0 Å². The summed E-state index contributed by atoms with van der Waals surface area (Å²) in [5.74, 6) is 0. The maximum Gasteiger partial charge on any atom is 0.0434 e. The van der Waals surface area contributed by atoms with Crippen LogP contribution in [-0.4, -0.2) is 0 Å². The van der Waals surface area contributed by atoms with Gasteiger partial charge in [0.25, 0.3) is 0 Å². The summed E-state index contributed by atoms with van der Waals surface area (Å²) < 4.78 is 2.70. The standard InChI is InChI=1S/C48H40S/c1-47(2,3)35-19-23-39-33(27-35)15-13-29-25-31(17-21-37(29)39)41-9-7-11-43-44-12-8-10-42(46(44)49-45(41)43)32-18-22-38-30(26-32)14-16-34-28-36(48(4,5)6)20-24-40(34)38/h7-28H,1-6H3. The van der Waals surface area contributed by atoms with Crippen LogP contribution >= 0.6 is 11.3 Å². The lowest BCUT2D eigenvalue weighted by Gasteiger charge is -2.20. The van der Waals surface area contributed by atoms with Gasteiger partial charge < -0.3 is 0 Å². The summed E-state index contributed by atoms with van der Waals surface area (Å²) in [6.45, 7) is 13.7. The normalized spacial score (nSPS) is 12.7. The quantitative estimate of drug-likeness (QED) is 0.164. The zero-order valence-corrected chi connectivity index (χ0v) is 29.9. The van der Waals surface area contributed by atoms with Gasteiger partial charge in [-0.15, -0.1) is 11.3 Å². The van der Waals surface area contributed by atoms with E-state index < -0.39 is 0 Å². The Labute approximate surface area is 292 Å². The minimum Gasteiger partial charge on any atom is -0.134 e. The SMILES string of the molecule is CC(C)(C)c1ccc2c(ccc3cc(-c4cccc5c4sc4c(-c6ccc7c(ccc8cc(C(C)(C)C)ccc87)c6)cccc45)ccc32)c1. The van der Waals surface area contributed by atoms with Crippen LogP contribution in [-0.2, 0) is 10.8 Å². The van der Waals surface area contributed by atoms with Crippen LogP contribution in [0.1, 0.15) is 52.7 Å². The van der Waals surface area contributed by atoms with Gasteiger partial charge in [0.15, 0.2) is 0 Å². The molecule has 0 saturated heterocycles. The van der Waals surface area contributed by atoms with Crippen molar-refractivity contribution in [2.24, 2.45) is 0 Å². The molecule has 49 heavy (non-hydrogen) atoms. The average molecular weight is 649 g/mol. The molecule has 0 bridgehead atoms. The van der Waals surface area contributed by atoms with Crippen LogP contribution in [0.15, 0.2) is 133 Å². The Bertz CT molecular complexity index is 2590. The maximum atomic E-state index is 2.38. The fourth-order valence-corrected chi connectivity index (χ4v) is 9.06. The van der Waals surface area contributed by atoms with Crippen LogP contribution in [0, 0.1) is 0 Å². The molecular weight excluding hydrogens is 609 g/mol. The number of hydrogen-bond acceptors (Lipinski definition) is 1. The topological polar surface area (TPSA) is 0 Å². The molecule has 0 atom stereocenters. The molecule has 0 aliphatic heterocycles. The van der Waals surface area contributed by atoms with Gasteiger partial charge in [-0.1, -0.05) is 163 Å². The average Bonchev–Trinajstić information content (AvgIpc) is 3.49. The minimum absolute atomic E-state index is 0.135. The van der Waals surface area contributed by atoms with Crippen molar-refractivity contribution in [2.75, 3.05) is 0 Å². The first-order valence-corrected chi connectivity index (χ1v) is 18.2. The predicted molar refractivity (Wildman–Crippen MR) is 218 cm³/mol. The molecule has 0 aliphatic carbocycles. The molecule has 0 radical (unpaired) electrons. The Balaban J connectivity index is 1.15. The third-order valence-electron chi connectivity index (χ3n) is 10.5. The molecule has 0 unspecified atom stereocenters. The van der Waals surface area contributed by atoms with Gasteiger partial charge in [-0.05, 0) is 99.4 Å². The van der Waals surface area contributed by atoms with Crippen molar-refractivity contribution >= 4 is 74.6 Å². The van der Waals surface area contributed by atoms with E-state index in [0.717, 1.165) is 0 Å². The van der Waals surface area contributed by atoms with E-state index in [-0.39, 0.29) is 10.8 Å². The van der Waals surface area contributed by atoms with E-state index in [2.05, 4.69) is 175 Å². The van der Waals surface area contributed by atoms with Gasteiger partial charge in [-0.25, -0.2) is 0 Å². The second-order valence-electron chi connectivity index (χ2n) is 15.8. The molecule has 9 aromatic rings. The fraction of sp³-hybridized carbons (Fsp3) is 0.167. The maximum absolute atomic E-state index is 2.38. The van der Waals surface area contributed by atoms with E-state index in [1.165, 1.54) is 96.6 Å². The summed E-state index contributed by atoms with van der Waals surface area (Å²) in [5, 5.41) is 13.1. The van der Waals surface area contributed by atoms with Gasteiger partial charge in [-0.3, -0.25) is 0 Å². The monoisotopic (exact) mass is 648 g/mol. The van der Waals surface area contributed by atoms with Crippen molar-refractivity contribution in [3.63, 3.8) is 0 Å². The molecule has 0 amide bonds. The summed E-state index contributed by atoms with van der Waals surface area (Å²) >= 11 is 1.93. The number of thiophene rings is 1. The highest BCUT2D eigenvalue weighted by Crippen LogP contribution is 2.45. The molecular formula is C48H40S. The first-order chi connectivity index (χ1) is 23.5. The highest BCUT2D eigenvalue weighted by atomic mass is 32.1. The minimum atomic E-state index is 0.135. The van der Waals surface area contributed by atoms with E-state index in [1.807, 2.05) is 11.3 Å². The van der Waals surface area contributed by atoms with Crippen LogP contribution < -0.4 is 0 Å². The van der Waals surface area contributed by atoms with Crippen LogP contribution in [0.3, 0.4) is 0 Å². The Morgan fingerprint density at radius 2 is 0.714 bits per heavy atom. The number of benzene rings is 8. The third kappa shape index (κ3) is 4.94. The highest BCUT2D eigenvalue weighted by Gasteiger charge is 2.18. The highest BCUT2D eigenvalue weighted by molar-refractivity contribution is 7.26. The van der Waals surface area contributed by atoms with E-state index in [1.54, 1.807) is 0 Å². The lowest BCUT2D eigenvalue weighted by atomic mass is 9.85. The summed E-state index contributed by atoms with van der Waals surface area (Å²) in [7, 11) is 0. The first-order valence-electron chi connectivity index (χ1n) is 17.4. The van der Waals surface area contributed by atoms with Crippen LogP contribution in [0.25, 0.3) is 85.5 Å². The van der Waals surface area contributed by atoms with Gasteiger partial charge in [0.2, 0.25) is 0 Å². The Hall–Kier alpha value is -4.98. The van der Waals surface area contributed by atoms with Crippen molar-refractivity contribution in [3.8, 4) is 22.3 Å². The van der Waals surface area contributed by atoms with E-state index in [0.29, 0.717) is 0 Å². The second-order valence-corrected chi connectivity index (χ2v) is 16.9. The zero-order chi connectivity index (χ0) is 33.7. The summed E-state index contributed by atoms with van der Waals surface area (Å²) in [5.41, 5.74) is 8.15. The Morgan fingerprint density at radius 1 is 0.347 bits per heavy atom. The lowest BCUT2D eigenvalue weighted by Crippen LogP contribution is -2.10. The first kappa shape index (κ1) is 30.1. The molecule has 0 spiro atoms. The van der Waals surface area contributed by atoms with E-state index >= 15 is 0 Å². The van der Waals surface area contributed by atoms with Gasteiger partial charge in [0.05, 0.1) is 0 Å². The van der Waals surface area contributed by atoms with E-state index in [4.69, 9.17) is 0 Å². The molecule has 238 valence electrons. The molecule has 1 aromatic heterocycles. The van der Waals surface area contributed by atoms with Gasteiger partial charge in [0.1, 0.15) is 0 Å². The zero-order valence-electron chi connectivity index (χ0n) is 29.1. The molecule has 0 aliphatic rings. The fourth-order valence-electron chi connectivity index (χ4n) is 7.69. The molecule has 1 heteroatoms. The summed E-state index contributed by atoms with van der Waals surface area (Å²) in [6, 6.07) is 50.8. The predicted octanol–water partition coefficient (Wildman–Crippen LogP) is 14.6. The van der Waals surface area contributed by atoms with Gasteiger partial charge >= 0.3 is 0 Å². The molecule has 0 fully saturated rings. The third-order valence-corrected chi connectivity index (χ3v) is 11.8. The largest absolute Gasteiger partial charge is 0.134 e. The summed E-state index contributed by atoms with van der Waals surface area (Å²) in [4.78, 5) is 0. The van der Waals surface area contributed by atoms with Crippen molar-refractivity contribution < 1.29 is 0 Å². The van der Waals surface area contributed by atoms with Crippen LogP contribution in [0.5, 0.6) is 0 Å². The Kier molecular flexibility index (Phi) is 6.61. The van der Waals surface area contributed by atoms with Crippen LogP contribution in [0.4, 0.5) is 0 Å². The second kappa shape index (κ2) is 10.8. The lowest BCUT2D eigenvalue weighted by molar-refractivity contribution is 0.591. The van der Waals surface area contributed by atoms with Crippen molar-refractivity contribution in [1.29, 1.82) is 0 Å². The van der Waals surface area contributed by atoms with Gasteiger partial charge in [0, 0.05) is 20.2 Å². The van der Waals surface area contributed by atoms with Crippen molar-refractivity contribution in [3.05, 3.63) is 145 Å².